The van der Waals surface area contributed by atoms with E-state index in [-0.39, 0.29) is 17.2 Å². The Bertz CT molecular complexity index is 609. The molecule has 0 spiro atoms. The summed E-state index contributed by atoms with van der Waals surface area (Å²) < 4.78 is 26.2. The lowest BCUT2D eigenvalue weighted by molar-refractivity contribution is 0.458. The van der Waals surface area contributed by atoms with Gasteiger partial charge < -0.3 is 5.11 Å². The summed E-state index contributed by atoms with van der Waals surface area (Å²) in [6, 6.07) is 5.84. The van der Waals surface area contributed by atoms with Crippen LogP contribution in [0.3, 0.4) is 0 Å². The van der Waals surface area contributed by atoms with E-state index in [0.717, 1.165) is 5.01 Å². The van der Waals surface area contributed by atoms with E-state index in [1.165, 1.54) is 23.5 Å². The highest BCUT2D eigenvalue weighted by Crippen LogP contribution is 2.20. The van der Waals surface area contributed by atoms with E-state index in [4.69, 9.17) is 0 Å². The first kappa shape index (κ1) is 13.0. The highest BCUT2D eigenvalue weighted by Gasteiger charge is 2.17. The smallest absolute Gasteiger partial charge is 0.244 e. The predicted octanol–water partition coefficient (Wildman–Crippen LogP) is 1.37. The minimum atomic E-state index is -3.67. The molecule has 1 heterocycles. The first-order valence-electron chi connectivity index (χ1n) is 5.25. The third-order valence-corrected chi connectivity index (χ3v) is 4.62. The summed E-state index contributed by atoms with van der Waals surface area (Å²) in [7, 11) is -3.67. The molecule has 1 aromatic carbocycles. The summed E-state index contributed by atoms with van der Waals surface area (Å²) in [4.78, 5) is 3.95. The number of aromatic nitrogens is 1. The lowest BCUT2D eigenvalue weighted by Crippen LogP contribution is -2.26. The van der Waals surface area contributed by atoms with Crippen LogP contribution in [0, 0.1) is 0 Å². The molecule has 96 valence electrons. The zero-order valence-electron chi connectivity index (χ0n) is 9.41. The molecule has 0 aliphatic carbocycles. The van der Waals surface area contributed by atoms with Crippen LogP contribution >= 0.6 is 11.3 Å². The molecule has 0 atom stereocenters. The number of rotatable bonds is 5. The standard InChI is InChI=1S/C11H12N2O3S2/c14-9-3-1-2-4-10(9)18(15,16)13-6-5-11-12-7-8-17-11/h1-4,7-8,13-14H,5-6H2. The van der Waals surface area contributed by atoms with Crippen molar-refractivity contribution in [1.29, 1.82) is 0 Å². The molecule has 0 bridgehead atoms. The molecule has 0 saturated carbocycles. The summed E-state index contributed by atoms with van der Waals surface area (Å²) in [6.45, 7) is 0.254. The molecule has 0 unspecified atom stereocenters. The van der Waals surface area contributed by atoms with Gasteiger partial charge in [0.05, 0.1) is 5.01 Å². The molecule has 2 rings (SSSR count). The Balaban J connectivity index is 2.02. The Morgan fingerprint density at radius 3 is 2.78 bits per heavy atom. The van der Waals surface area contributed by atoms with Crippen LogP contribution < -0.4 is 4.72 Å². The fraction of sp³-hybridized carbons (Fsp3) is 0.182. The van der Waals surface area contributed by atoms with Crippen LogP contribution in [0.25, 0.3) is 0 Å². The summed E-state index contributed by atoms with van der Waals surface area (Å²) in [5.41, 5.74) is 0. The monoisotopic (exact) mass is 284 g/mol. The van der Waals surface area contributed by atoms with Crippen LogP contribution in [-0.2, 0) is 16.4 Å². The van der Waals surface area contributed by atoms with Crippen molar-refractivity contribution in [2.45, 2.75) is 11.3 Å². The summed E-state index contributed by atoms with van der Waals surface area (Å²) >= 11 is 1.48. The van der Waals surface area contributed by atoms with E-state index >= 15 is 0 Å². The number of hydrogen-bond donors (Lipinski definition) is 2. The van der Waals surface area contributed by atoms with Crippen molar-refractivity contribution in [3.63, 3.8) is 0 Å². The van der Waals surface area contributed by atoms with Gasteiger partial charge in [0.15, 0.2) is 0 Å². The topological polar surface area (TPSA) is 79.3 Å². The van der Waals surface area contributed by atoms with Gasteiger partial charge in [-0.15, -0.1) is 11.3 Å². The Morgan fingerprint density at radius 1 is 1.33 bits per heavy atom. The third kappa shape index (κ3) is 3.06. The number of aromatic hydroxyl groups is 1. The number of nitrogens with zero attached hydrogens (tertiary/aromatic N) is 1. The number of para-hydroxylation sites is 1. The maximum atomic E-state index is 11.9. The van der Waals surface area contributed by atoms with Crippen LogP contribution in [0.4, 0.5) is 0 Å². The molecular formula is C11H12N2O3S2. The quantitative estimate of drug-likeness (QED) is 0.869. The molecule has 2 aromatic rings. The van der Waals surface area contributed by atoms with Crippen molar-refractivity contribution >= 4 is 21.4 Å². The van der Waals surface area contributed by atoms with Crippen LogP contribution in [0.2, 0.25) is 0 Å². The zero-order chi connectivity index (χ0) is 13.0. The molecule has 0 radical (unpaired) electrons. The van der Waals surface area contributed by atoms with Crippen LogP contribution in [0.5, 0.6) is 5.75 Å². The van der Waals surface area contributed by atoms with Crippen molar-refractivity contribution in [3.05, 3.63) is 40.8 Å². The molecule has 7 heteroatoms. The van der Waals surface area contributed by atoms with Crippen molar-refractivity contribution < 1.29 is 13.5 Å². The Kier molecular flexibility index (Phi) is 3.95. The van der Waals surface area contributed by atoms with Crippen molar-refractivity contribution in [3.8, 4) is 5.75 Å². The fourth-order valence-electron chi connectivity index (χ4n) is 1.43. The predicted molar refractivity (Wildman–Crippen MR) is 69.1 cm³/mol. The Hall–Kier alpha value is -1.44. The first-order chi connectivity index (χ1) is 8.59. The maximum absolute atomic E-state index is 11.9. The molecule has 0 amide bonds. The van der Waals surface area contributed by atoms with Crippen LogP contribution in [0.1, 0.15) is 5.01 Å². The number of phenols is 1. The minimum absolute atomic E-state index is 0.107. The highest BCUT2D eigenvalue weighted by atomic mass is 32.2. The van der Waals surface area contributed by atoms with E-state index in [1.807, 2.05) is 5.38 Å². The van der Waals surface area contributed by atoms with E-state index in [1.54, 1.807) is 18.3 Å². The van der Waals surface area contributed by atoms with Gasteiger partial charge in [-0.2, -0.15) is 0 Å². The normalized spacial score (nSPS) is 11.6. The van der Waals surface area contributed by atoms with Gasteiger partial charge in [0.25, 0.3) is 0 Å². The fourth-order valence-corrected chi connectivity index (χ4v) is 3.18. The average molecular weight is 284 g/mol. The minimum Gasteiger partial charge on any atom is -0.507 e. The van der Waals surface area contributed by atoms with Gasteiger partial charge >= 0.3 is 0 Å². The third-order valence-electron chi connectivity index (χ3n) is 2.27. The molecule has 0 fully saturated rings. The van der Waals surface area contributed by atoms with Gasteiger partial charge in [0.2, 0.25) is 10.0 Å². The van der Waals surface area contributed by atoms with Crippen molar-refractivity contribution in [2.75, 3.05) is 6.54 Å². The highest BCUT2D eigenvalue weighted by molar-refractivity contribution is 7.89. The second-order valence-electron chi connectivity index (χ2n) is 3.54. The number of hydrogen-bond acceptors (Lipinski definition) is 5. The second-order valence-corrected chi connectivity index (χ2v) is 6.26. The molecule has 1 aromatic heterocycles. The van der Waals surface area contributed by atoms with E-state index in [0.29, 0.717) is 6.42 Å². The van der Waals surface area contributed by atoms with E-state index < -0.39 is 10.0 Å². The zero-order valence-corrected chi connectivity index (χ0v) is 11.0. The maximum Gasteiger partial charge on any atom is 0.244 e. The second kappa shape index (κ2) is 5.47. The van der Waals surface area contributed by atoms with Gasteiger partial charge in [-0.1, -0.05) is 12.1 Å². The largest absolute Gasteiger partial charge is 0.507 e. The number of benzene rings is 1. The van der Waals surface area contributed by atoms with Gasteiger partial charge in [-0.25, -0.2) is 18.1 Å². The summed E-state index contributed by atoms with van der Waals surface area (Å²) in [6.07, 6.45) is 2.21. The van der Waals surface area contributed by atoms with Gasteiger partial charge in [0.1, 0.15) is 10.6 Å². The molecule has 18 heavy (non-hydrogen) atoms. The van der Waals surface area contributed by atoms with E-state index in [2.05, 4.69) is 9.71 Å². The molecule has 2 N–H and O–H groups in total. The van der Waals surface area contributed by atoms with Gasteiger partial charge in [-0.3, -0.25) is 0 Å². The Morgan fingerprint density at radius 2 is 2.11 bits per heavy atom. The lowest BCUT2D eigenvalue weighted by atomic mass is 10.3. The van der Waals surface area contributed by atoms with Crippen LogP contribution in [-0.4, -0.2) is 25.1 Å². The number of nitrogens with one attached hydrogen (secondary N) is 1. The number of thiazole rings is 1. The average Bonchev–Trinajstić information content (AvgIpc) is 2.82. The van der Waals surface area contributed by atoms with Gasteiger partial charge in [0, 0.05) is 24.5 Å². The molecule has 0 aliphatic heterocycles. The summed E-state index contributed by atoms with van der Waals surface area (Å²) in [5.74, 6) is -0.251. The van der Waals surface area contributed by atoms with Crippen molar-refractivity contribution in [1.82, 2.24) is 9.71 Å². The first-order valence-corrected chi connectivity index (χ1v) is 7.62. The molecule has 0 aliphatic rings. The summed E-state index contributed by atoms with van der Waals surface area (Å²) in [5, 5.41) is 12.2. The molecule has 0 saturated heterocycles. The SMILES string of the molecule is O=S(=O)(NCCc1nccs1)c1ccccc1O. The van der Waals surface area contributed by atoms with E-state index in [9.17, 15) is 13.5 Å². The molecule has 5 nitrogen and oxygen atoms in total. The number of phenolic OH excluding ortho intramolecular Hbond substituents is 1. The Labute approximate surface area is 109 Å². The van der Waals surface area contributed by atoms with Gasteiger partial charge in [-0.05, 0) is 12.1 Å². The van der Waals surface area contributed by atoms with Crippen molar-refractivity contribution in [2.24, 2.45) is 0 Å². The van der Waals surface area contributed by atoms with Crippen LogP contribution in [0.15, 0.2) is 40.7 Å². The lowest BCUT2D eigenvalue weighted by Gasteiger charge is -2.07. The number of sulfonamides is 1. The molecular weight excluding hydrogens is 272 g/mol.